The second-order valence-electron chi connectivity index (χ2n) is 10.3. The fraction of sp³-hybridized carbons (Fsp3) is 0.138. The van der Waals surface area contributed by atoms with Crippen LogP contribution in [-0.2, 0) is 13.0 Å². The summed E-state index contributed by atoms with van der Waals surface area (Å²) in [7, 11) is 0. The van der Waals surface area contributed by atoms with E-state index in [0.717, 1.165) is 28.4 Å². The Balaban J connectivity index is 1.00. The van der Waals surface area contributed by atoms with Gasteiger partial charge in [0, 0.05) is 29.8 Å². The van der Waals surface area contributed by atoms with Crippen molar-refractivity contribution in [3.63, 3.8) is 0 Å². The smallest absolute Gasteiger partial charge is 0.394 e. The van der Waals surface area contributed by atoms with Crippen molar-refractivity contribution >= 4 is 28.4 Å². The van der Waals surface area contributed by atoms with E-state index in [0.29, 0.717) is 29.7 Å². The van der Waals surface area contributed by atoms with Crippen molar-refractivity contribution in [1.82, 2.24) is 40.5 Å². The molecule has 3 heterocycles. The summed E-state index contributed by atoms with van der Waals surface area (Å²) in [5, 5.41) is 14.5. The maximum atomic E-state index is 13.1. The third-order valence-electron chi connectivity index (χ3n) is 7.55. The molecule has 7 rings (SSSR count). The zero-order valence-corrected chi connectivity index (χ0v) is 22.7. The molecule has 0 bridgehead atoms. The number of anilines is 1. The number of benzene rings is 2. The minimum Gasteiger partial charge on any atom is -0.394 e. The molecule has 1 aliphatic rings. The van der Waals surface area contributed by atoms with Gasteiger partial charge >= 0.3 is 5.76 Å². The third-order valence-corrected chi connectivity index (χ3v) is 7.55. The Morgan fingerprint density at radius 2 is 1.84 bits per heavy atom. The van der Waals surface area contributed by atoms with Gasteiger partial charge in [-0.2, -0.15) is 5.10 Å². The van der Waals surface area contributed by atoms with Crippen LogP contribution in [-0.4, -0.2) is 41.7 Å². The largest absolute Gasteiger partial charge is 0.439 e. The van der Waals surface area contributed by atoms with E-state index in [2.05, 4.69) is 40.4 Å². The highest BCUT2D eigenvalue weighted by Crippen LogP contribution is 2.33. The Hall–Kier alpha value is -6.25. The number of carbonyl (C=O) groups excluding carboxylic acids is 2. The Morgan fingerprint density at radius 3 is 2.61 bits per heavy atom. The number of aryl methyl sites for hydroxylation is 1. The number of nitrogens with zero attached hydrogens (tertiary/aromatic N) is 5. The lowest BCUT2D eigenvalue weighted by Crippen LogP contribution is -2.38. The van der Waals surface area contributed by atoms with Crippen molar-refractivity contribution in [3.05, 3.63) is 114 Å². The standard InChI is InChI=1S/C29H21N9O6/c30-22-23(25(40)24(22)39)38-11-16-2-1-13(7-19(16)36-38)10-31-27(41)20-9-21(33-12-32-20)28(42)34-18-6-4-14-8-15(3-5-17(14)18)26-35-29(43)44-37-26/h1-3,5,7-9,11-12,18H,4,6,10,30H2,(H,31,41)(H,34,42)(H,35,37,43)/t18-/m0/s1. The first-order valence-electron chi connectivity index (χ1n) is 13.4. The van der Waals surface area contributed by atoms with E-state index in [1.165, 1.54) is 10.7 Å². The third kappa shape index (κ3) is 4.61. The Labute approximate surface area is 245 Å². The molecule has 3 aromatic carbocycles. The van der Waals surface area contributed by atoms with Crippen LogP contribution in [0.1, 0.15) is 50.1 Å². The van der Waals surface area contributed by atoms with E-state index < -0.39 is 28.4 Å². The molecule has 0 saturated carbocycles. The van der Waals surface area contributed by atoms with E-state index >= 15 is 0 Å². The van der Waals surface area contributed by atoms with Gasteiger partial charge in [-0.1, -0.05) is 29.4 Å². The number of nitrogens with one attached hydrogen (secondary N) is 3. The van der Waals surface area contributed by atoms with E-state index in [4.69, 9.17) is 5.73 Å². The maximum Gasteiger partial charge on any atom is 0.439 e. The number of nitrogens with two attached hydrogens (primary N) is 1. The van der Waals surface area contributed by atoms with Crippen LogP contribution < -0.4 is 33.0 Å². The predicted molar refractivity (Wildman–Crippen MR) is 155 cm³/mol. The number of H-pyrrole nitrogens is 1. The molecule has 15 nitrogen and oxygen atoms in total. The molecule has 0 aliphatic heterocycles. The summed E-state index contributed by atoms with van der Waals surface area (Å²) in [6.07, 6.45) is 4.13. The predicted octanol–water partition coefficient (Wildman–Crippen LogP) is 0.684. The van der Waals surface area contributed by atoms with Gasteiger partial charge in [0.25, 0.3) is 22.7 Å². The summed E-state index contributed by atoms with van der Waals surface area (Å²) in [6.45, 7) is 0.137. The summed E-state index contributed by atoms with van der Waals surface area (Å²) < 4.78 is 5.86. The number of aromatic amines is 1. The molecule has 0 saturated heterocycles. The number of carbonyl (C=O) groups is 2. The molecule has 0 spiro atoms. The average Bonchev–Trinajstić information content (AvgIpc) is 3.77. The van der Waals surface area contributed by atoms with Crippen molar-refractivity contribution in [2.75, 3.05) is 5.73 Å². The second-order valence-corrected chi connectivity index (χ2v) is 10.3. The maximum absolute atomic E-state index is 13.1. The Kier molecular flexibility index (Phi) is 6.19. The van der Waals surface area contributed by atoms with E-state index in [9.17, 15) is 24.0 Å². The van der Waals surface area contributed by atoms with Gasteiger partial charge in [0.05, 0.1) is 11.6 Å². The molecule has 3 aromatic heterocycles. The van der Waals surface area contributed by atoms with Crippen LogP contribution in [0.4, 0.5) is 5.69 Å². The van der Waals surface area contributed by atoms with Crippen molar-refractivity contribution < 1.29 is 14.1 Å². The molecule has 1 aliphatic carbocycles. The van der Waals surface area contributed by atoms with Crippen LogP contribution in [0.15, 0.2) is 73.9 Å². The van der Waals surface area contributed by atoms with Gasteiger partial charge in [-0.05, 0) is 41.7 Å². The van der Waals surface area contributed by atoms with E-state index in [1.807, 2.05) is 12.1 Å². The van der Waals surface area contributed by atoms with Gasteiger partial charge in [-0.25, -0.2) is 19.4 Å². The number of hydrogen-bond acceptors (Lipinski definition) is 11. The molecular formula is C29H21N9O6. The van der Waals surface area contributed by atoms with Gasteiger partial charge in [0.2, 0.25) is 0 Å². The fourth-order valence-electron chi connectivity index (χ4n) is 5.29. The summed E-state index contributed by atoms with van der Waals surface area (Å²) in [5.74, 6) is -1.26. The lowest BCUT2D eigenvalue weighted by Gasteiger charge is -2.14. The molecule has 1 atom stereocenters. The Morgan fingerprint density at radius 1 is 1.02 bits per heavy atom. The van der Waals surface area contributed by atoms with Gasteiger partial charge in [0.1, 0.15) is 29.1 Å². The van der Waals surface area contributed by atoms with Crippen LogP contribution in [0, 0.1) is 0 Å². The van der Waals surface area contributed by atoms with Gasteiger partial charge in [0.15, 0.2) is 5.82 Å². The molecular weight excluding hydrogens is 570 g/mol. The number of rotatable bonds is 7. The van der Waals surface area contributed by atoms with Gasteiger partial charge < -0.3 is 16.4 Å². The first kappa shape index (κ1) is 26.6. The molecule has 0 unspecified atom stereocenters. The highest BCUT2D eigenvalue weighted by molar-refractivity contribution is 5.97. The number of amides is 2. The highest BCUT2D eigenvalue weighted by atomic mass is 16.5. The van der Waals surface area contributed by atoms with Gasteiger partial charge in [-0.3, -0.25) is 28.7 Å². The molecule has 218 valence electrons. The van der Waals surface area contributed by atoms with Crippen LogP contribution in [0.5, 0.6) is 0 Å². The zero-order valence-electron chi connectivity index (χ0n) is 22.7. The molecule has 44 heavy (non-hydrogen) atoms. The van der Waals surface area contributed by atoms with Crippen molar-refractivity contribution in [2.45, 2.75) is 25.4 Å². The molecule has 5 N–H and O–H groups in total. The molecule has 0 radical (unpaired) electrons. The van der Waals surface area contributed by atoms with Crippen LogP contribution in [0.25, 0.3) is 28.0 Å². The monoisotopic (exact) mass is 591 g/mol. The lowest BCUT2D eigenvalue weighted by atomic mass is 10.0. The van der Waals surface area contributed by atoms with Gasteiger partial charge in [-0.15, -0.1) is 0 Å². The summed E-state index contributed by atoms with van der Waals surface area (Å²) >= 11 is 0. The molecule has 0 fully saturated rings. The average molecular weight is 592 g/mol. The lowest BCUT2D eigenvalue weighted by molar-refractivity contribution is 0.0931. The quantitative estimate of drug-likeness (QED) is 0.189. The summed E-state index contributed by atoms with van der Waals surface area (Å²) in [5.41, 5.74) is 8.12. The normalized spacial score (nSPS) is 14.1. The number of fused-ring (bicyclic) bond motifs is 2. The zero-order chi connectivity index (χ0) is 30.5. The molecule has 2 amide bonds. The summed E-state index contributed by atoms with van der Waals surface area (Å²) in [6, 6.07) is 11.9. The van der Waals surface area contributed by atoms with Crippen molar-refractivity contribution in [1.29, 1.82) is 0 Å². The number of hydrogen-bond donors (Lipinski definition) is 4. The Bertz CT molecular complexity index is 2260. The van der Waals surface area contributed by atoms with Crippen LogP contribution >= 0.6 is 0 Å². The second kappa shape index (κ2) is 10.2. The SMILES string of the molecule is Nc1c(-n2cc3ccc(CNC(=O)c4cc(C(=O)N[C@H]5CCc6cc(-c7noc(=O)[nH]7)ccc65)ncn4)cc3n2)c(=O)c1=O. The first-order valence-corrected chi connectivity index (χ1v) is 13.4. The van der Waals surface area contributed by atoms with Crippen molar-refractivity contribution in [2.24, 2.45) is 0 Å². The number of aromatic nitrogens is 6. The van der Waals surface area contributed by atoms with Crippen molar-refractivity contribution in [3.8, 4) is 17.1 Å². The molecule has 6 aromatic rings. The topological polar surface area (TPSA) is 221 Å². The first-order chi connectivity index (χ1) is 21.2. The van der Waals surface area contributed by atoms with E-state index in [-0.39, 0.29) is 35.3 Å². The van der Waals surface area contributed by atoms with E-state index in [1.54, 1.807) is 30.5 Å². The number of nitrogen functional groups attached to an aromatic ring is 1. The highest BCUT2D eigenvalue weighted by Gasteiger charge is 2.26. The minimum atomic E-state index is -0.726. The fourth-order valence-corrected chi connectivity index (χ4v) is 5.29. The van der Waals surface area contributed by atoms with Crippen LogP contribution in [0.3, 0.4) is 0 Å². The molecule has 15 heteroatoms. The minimum absolute atomic E-state index is 0.0177. The summed E-state index contributed by atoms with van der Waals surface area (Å²) in [4.78, 5) is 71.1. The van der Waals surface area contributed by atoms with Crippen LogP contribution in [0.2, 0.25) is 0 Å².